The highest BCUT2D eigenvalue weighted by molar-refractivity contribution is 7.89. The standard InChI is InChI=1S/C21H18Cl2N2O4S/c1-14(25-30(27,28)18-10-7-15(22)8-11-18)21(26)24-19-13-16(23)9-12-20(19)29-17-5-3-2-4-6-17/h2-14,25H,1H3,(H,24,26)/t14-/m0/s1. The number of carbonyl (C=O) groups is 1. The summed E-state index contributed by atoms with van der Waals surface area (Å²) < 4.78 is 33.1. The first-order valence-corrected chi connectivity index (χ1v) is 11.1. The molecule has 0 heterocycles. The van der Waals surface area contributed by atoms with E-state index < -0.39 is 22.0 Å². The van der Waals surface area contributed by atoms with E-state index in [-0.39, 0.29) is 4.90 Å². The second-order valence-electron chi connectivity index (χ2n) is 6.34. The lowest BCUT2D eigenvalue weighted by Gasteiger charge is -2.17. The number of ether oxygens (including phenoxy) is 1. The number of sulfonamides is 1. The SMILES string of the molecule is C[C@H](NS(=O)(=O)c1ccc(Cl)cc1)C(=O)Nc1cc(Cl)ccc1Oc1ccccc1. The molecule has 9 heteroatoms. The van der Waals surface area contributed by atoms with Crippen molar-refractivity contribution in [1.82, 2.24) is 4.72 Å². The maximum absolute atomic E-state index is 12.6. The predicted octanol–water partition coefficient (Wildman–Crippen LogP) is 5.09. The van der Waals surface area contributed by atoms with Gasteiger partial charge in [0.05, 0.1) is 16.6 Å². The average Bonchev–Trinajstić information content (AvgIpc) is 2.71. The summed E-state index contributed by atoms with van der Waals surface area (Å²) in [5.41, 5.74) is 0.314. The van der Waals surface area contributed by atoms with Gasteiger partial charge in [-0.25, -0.2) is 8.42 Å². The third kappa shape index (κ3) is 5.73. The van der Waals surface area contributed by atoms with Gasteiger partial charge in [0, 0.05) is 10.0 Å². The van der Waals surface area contributed by atoms with Gasteiger partial charge in [-0.1, -0.05) is 41.4 Å². The highest BCUT2D eigenvalue weighted by atomic mass is 35.5. The van der Waals surface area contributed by atoms with Gasteiger partial charge in [-0.2, -0.15) is 4.72 Å². The van der Waals surface area contributed by atoms with Gasteiger partial charge in [-0.05, 0) is 61.5 Å². The van der Waals surface area contributed by atoms with Crippen molar-refractivity contribution >= 4 is 44.8 Å². The number of rotatable bonds is 7. The molecule has 0 fully saturated rings. The molecular formula is C21H18Cl2N2O4S. The van der Waals surface area contributed by atoms with E-state index in [2.05, 4.69) is 10.0 Å². The second-order valence-corrected chi connectivity index (χ2v) is 8.93. The Bertz CT molecular complexity index is 1140. The normalized spacial score (nSPS) is 12.2. The van der Waals surface area contributed by atoms with Crippen LogP contribution in [0, 0.1) is 0 Å². The number of hydrogen-bond acceptors (Lipinski definition) is 4. The van der Waals surface area contributed by atoms with Crippen molar-refractivity contribution in [1.29, 1.82) is 0 Å². The van der Waals surface area contributed by atoms with Gasteiger partial charge in [0.1, 0.15) is 5.75 Å². The molecule has 2 N–H and O–H groups in total. The Kier molecular flexibility index (Phi) is 6.99. The molecule has 1 amide bonds. The van der Waals surface area contributed by atoms with E-state index in [0.29, 0.717) is 27.2 Å². The Morgan fingerprint density at radius 1 is 0.933 bits per heavy atom. The molecular weight excluding hydrogens is 447 g/mol. The van der Waals surface area contributed by atoms with Crippen LogP contribution in [0.25, 0.3) is 0 Å². The van der Waals surface area contributed by atoms with Crippen LogP contribution in [0.1, 0.15) is 6.92 Å². The molecule has 0 saturated heterocycles. The molecule has 0 saturated carbocycles. The van der Waals surface area contributed by atoms with Crippen molar-refractivity contribution in [3.8, 4) is 11.5 Å². The Labute approximate surface area is 184 Å². The molecule has 0 aliphatic carbocycles. The van der Waals surface area contributed by atoms with Crippen molar-refractivity contribution in [2.24, 2.45) is 0 Å². The Morgan fingerprint density at radius 2 is 1.57 bits per heavy atom. The second kappa shape index (κ2) is 9.49. The monoisotopic (exact) mass is 464 g/mol. The third-order valence-corrected chi connectivity index (χ3v) is 6.06. The van der Waals surface area contributed by atoms with Crippen LogP contribution in [-0.2, 0) is 14.8 Å². The van der Waals surface area contributed by atoms with Crippen molar-refractivity contribution in [2.75, 3.05) is 5.32 Å². The lowest BCUT2D eigenvalue weighted by atomic mass is 10.2. The number of anilines is 1. The van der Waals surface area contributed by atoms with Gasteiger partial charge < -0.3 is 10.1 Å². The first-order valence-electron chi connectivity index (χ1n) is 8.86. The summed E-state index contributed by atoms with van der Waals surface area (Å²) >= 11 is 11.8. The molecule has 156 valence electrons. The van der Waals surface area contributed by atoms with Crippen LogP contribution < -0.4 is 14.8 Å². The summed E-state index contributed by atoms with van der Waals surface area (Å²) in [5, 5.41) is 3.46. The molecule has 30 heavy (non-hydrogen) atoms. The van der Waals surface area contributed by atoms with Crippen LogP contribution in [0.2, 0.25) is 10.0 Å². The maximum atomic E-state index is 12.6. The van der Waals surface area contributed by atoms with E-state index in [9.17, 15) is 13.2 Å². The van der Waals surface area contributed by atoms with Gasteiger partial charge in [0.15, 0.2) is 5.75 Å². The summed E-state index contributed by atoms with van der Waals surface area (Å²) in [6.07, 6.45) is 0. The Hall–Kier alpha value is -2.58. The van der Waals surface area contributed by atoms with Crippen LogP contribution in [-0.4, -0.2) is 20.4 Å². The minimum atomic E-state index is -3.91. The summed E-state index contributed by atoms with van der Waals surface area (Å²) in [7, 11) is -3.91. The van der Waals surface area contributed by atoms with Gasteiger partial charge >= 0.3 is 0 Å². The molecule has 6 nitrogen and oxygen atoms in total. The first kappa shape index (κ1) is 22.1. The van der Waals surface area contributed by atoms with E-state index >= 15 is 0 Å². The molecule has 3 aromatic carbocycles. The van der Waals surface area contributed by atoms with E-state index in [1.807, 2.05) is 18.2 Å². The van der Waals surface area contributed by atoms with Gasteiger partial charge in [0.2, 0.25) is 15.9 Å². The zero-order chi connectivity index (χ0) is 21.7. The van der Waals surface area contributed by atoms with Gasteiger partial charge in [0.25, 0.3) is 0 Å². The molecule has 1 atom stereocenters. The molecule has 0 unspecified atom stereocenters. The molecule has 3 rings (SSSR count). The molecule has 0 aliphatic heterocycles. The number of halogens is 2. The van der Waals surface area contributed by atoms with Crippen molar-refractivity contribution in [3.05, 3.63) is 82.8 Å². The van der Waals surface area contributed by atoms with Crippen molar-refractivity contribution in [3.63, 3.8) is 0 Å². The lowest BCUT2D eigenvalue weighted by molar-refractivity contribution is -0.117. The molecule has 3 aromatic rings. The van der Waals surface area contributed by atoms with Crippen LogP contribution >= 0.6 is 23.2 Å². The predicted molar refractivity (Wildman–Crippen MR) is 118 cm³/mol. The lowest BCUT2D eigenvalue weighted by Crippen LogP contribution is -2.41. The Balaban J connectivity index is 1.75. The van der Waals surface area contributed by atoms with Crippen LogP contribution in [0.4, 0.5) is 5.69 Å². The number of carbonyl (C=O) groups excluding carboxylic acids is 1. The highest BCUT2D eigenvalue weighted by Gasteiger charge is 2.23. The molecule has 0 aliphatic rings. The fraction of sp³-hybridized carbons (Fsp3) is 0.0952. The third-order valence-electron chi connectivity index (χ3n) is 4.02. The maximum Gasteiger partial charge on any atom is 0.242 e. The fourth-order valence-corrected chi connectivity index (χ4v) is 4.01. The van der Waals surface area contributed by atoms with Gasteiger partial charge in [-0.15, -0.1) is 0 Å². The minimum absolute atomic E-state index is 0.00223. The van der Waals surface area contributed by atoms with Crippen molar-refractivity contribution in [2.45, 2.75) is 17.9 Å². The van der Waals surface area contributed by atoms with Crippen LogP contribution in [0.3, 0.4) is 0 Å². The fourth-order valence-electron chi connectivity index (χ4n) is 2.51. The highest BCUT2D eigenvalue weighted by Crippen LogP contribution is 2.32. The number of amides is 1. The molecule has 0 aromatic heterocycles. The number of nitrogens with one attached hydrogen (secondary N) is 2. The van der Waals surface area contributed by atoms with Crippen LogP contribution in [0.5, 0.6) is 11.5 Å². The van der Waals surface area contributed by atoms with Crippen molar-refractivity contribution < 1.29 is 17.9 Å². The van der Waals surface area contributed by atoms with E-state index in [1.165, 1.54) is 37.3 Å². The first-order chi connectivity index (χ1) is 14.2. The van der Waals surface area contributed by atoms with Gasteiger partial charge in [-0.3, -0.25) is 4.79 Å². The number of hydrogen-bond donors (Lipinski definition) is 2. The zero-order valence-electron chi connectivity index (χ0n) is 15.8. The molecule has 0 bridgehead atoms. The Morgan fingerprint density at radius 3 is 2.23 bits per heavy atom. The zero-order valence-corrected chi connectivity index (χ0v) is 18.1. The quantitative estimate of drug-likeness (QED) is 0.509. The summed E-state index contributed by atoms with van der Waals surface area (Å²) in [6, 6.07) is 18.4. The summed E-state index contributed by atoms with van der Waals surface area (Å²) in [4.78, 5) is 12.6. The number of benzene rings is 3. The summed E-state index contributed by atoms with van der Waals surface area (Å²) in [6.45, 7) is 1.44. The number of para-hydroxylation sites is 1. The topological polar surface area (TPSA) is 84.5 Å². The largest absolute Gasteiger partial charge is 0.455 e. The summed E-state index contributed by atoms with van der Waals surface area (Å²) in [5.74, 6) is 0.367. The minimum Gasteiger partial charge on any atom is -0.455 e. The van der Waals surface area contributed by atoms with E-state index in [0.717, 1.165) is 0 Å². The smallest absolute Gasteiger partial charge is 0.242 e. The average molecular weight is 465 g/mol. The van der Waals surface area contributed by atoms with Crippen LogP contribution in [0.15, 0.2) is 77.7 Å². The molecule has 0 radical (unpaired) electrons. The van der Waals surface area contributed by atoms with E-state index in [1.54, 1.807) is 24.3 Å². The van der Waals surface area contributed by atoms with E-state index in [4.69, 9.17) is 27.9 Å². The molecule has 0 spiro atoms.